The summed E-state index contributed by atoms with van der Waals surface area (Å²) < 4.78 is 12.0. The lowest BCUT2D eigenvalue weighted by molar-refractivity contribution is -0.199. The average molecular weight is 638 g/mol. The Balaban J connectivity index is 1.04. The molecule has 2 aromatic rings. The van der Waals surface area contributed by atoms with E-state index in [1.807, 2.05) is 56.9 Å². The predicted octanol–water partition coefficient (Wildman–Crippen LogP) is 5.78. The molecule has 0 spiro atoms. The normalized spacial score (nSPS) is 26.2. The molecule has 4 aliphatic rings. The Morgan fingerprint density at radius 1 is 1.02 bits per heavy atom. The molecule has 9 heteroatoms. The lowest BCUT2D eigenvalue weighted by Gasteiger charge is -2.65. The summed E-state index contributed by atoms with van der Waals surface area (Å²) in [6, 6.07) is 12.0. The number of rotatable bonds is 4. The smallest absolute Gasteiger partial charge is 0.410 e. The van der Waals surface area contributed by atoms with Crippen molar-refractivity contribution in [2.24, 2.45) is 16.7 Å². The number of benzene rings is 1. The third-order valence-electron chi connectivity index (χ3n) is 10.4. The molecule has 2 aliphatic heterocycles. The van der Waals surface area contributed by atoms with E-state index >= 15 is 0 Å². The summed E-state index contributed by atoms with van der Waals surface area (Å²) in [7, 11) is 0. The zero-order valence-electron chi connectivity index (χ0n) is 29.0. The van der Waals surface area contributed by atoms with Gasteiger partial charge in [-0.3, -0.25) is 9.69 Å². The fourth-order valence-electron chi connectivity index (χ4n) is 8.44. The van der Waals surface area contributed by atoms with E-state index in [2.05, 4.69) is 50.5 Å². The van der Waals surface area contributed by atoms with Crippen LogP contribution in [0.15, 0.2) is 30.3 Å². The summed E-state index contributed by atoms with van der Waals surface area (Å²) in [6.45, 7) is 19.8. The van der Waals surface area contributed by atoms with E-state index in [-0.39, 0.29) is 35.0 Å². The maximum Gasteiger partial charge on any atom is 0.410 e. The highest BCUT2D eigenvalue weighted by atomic mass is 16.6. The first-order chi connectivity index (χ1) is 22.1. The molecule has 47 heavy (non-hydrogen) atoms. The summed E-state index contributed by atoms with van der Waals surface area (Å²) in [4.78, 5) is 37.1. The van der Waals surface area contributed by atoms with Crippen LogP contribution < -0.4 is 4.74 Å². The van der Waals surface area contributed by atoms with Gasteiger partial charge in [0.15, 0.2) is 0 Å². The molecule has 3 fully saturated rings. The number of ether oxygens (including phenoxy) is 2. The van der Waals surface area contributed by atoms with Crippen molar-refractivity contribution >= 4 is 12.0 Å². The number of pyridine rings is 1. The van der Waals surface area contributed by atoms with Gasteiger partial charge < -0.3 is 19.3 Å². The number of carbonyl (C=O) groups excluding carboxylic acids is 2. The highest BCUT2D eigenvalue weighted by Gasteiger charge is 2.67. The van der Waals surface area contributed by atoms with Crippen molar-refractivity contribution in [2.75, 3.05) is 26.2 Å². The van der Waals surface area contributed by atoms with Crippen LogP contribution in [-0.2, 0) is 11.3 Å². The molecule has 1 aromatic carbocycles. The fourth-order valence-corrected chi connectivity index (χ4v) is 8.44. The minimum atomic E-state index is -0.478. The Bertz CT molecular complexity index is 1660. The van der Waals surface area contributed by atoms with Crippen molar-refractivity contribution < 1.29 is 19.1 Å². The van der Waals surface area contributed by atoms with E-state index in [1.54, 1.807) is 11.0 Å². The molecule has 2 aliphatic carbocycles. The second-order valence-electron chi connectivity index (χ2n) is 15.9. The van der Waals surface area contributed by atoms with Gasteiger partial charge in [0.2, 0.25) is 0 Å². The van der Waals surface area contributed by atoms with Crippen LogP contribution in [0.4, 0.5) is 4.79 Å². The van der Waals surface area contributed by atoms with Gasteiger partial charge in [0.25, 0.3) is 5.91 Å². The van der Waals surface area contributed by atoms with Crippen LogP contribution in [0.2, 0.25) is 0 Å². The Kier molecular flexibility index (Phi) is 8.29. The molecule has 0 unspecified atom stereocenters. The van der Waals surface area contributed by atoms with Crippen LogP contribution >= 0.6 is 0 Å². The standard InChI is InChI=1S/C38H47N5O4/c1-24-19-29(13-10-26(24)22-39)46-34-37(5,6)33(38(34,7)8)43-23-31-30(32(43)44)14-12-27(40-31)11-9-25-20-28(21-25)41-15-17-42(18-16-41)35(45)47-36(2,3)4/h10,12-14,19,25,28,33-34H,15-18,20-21,23H2,1-8H3. The fraction of sp³-hybridized carbons (Fsp3) is 0.579. The van der Waals surface area contributed by atoms with Crippen LogP contribution in [-0.4, -0.2) is 81.7 Å². The molecule has 0 N–H and O–H groups in total. The third kappa shape index (κ3) is 6.19. The summed E-state index contributed by atoms with van der Waals surface area (Å²) >= 11 is 0. The van der Waals surface area contributed by atoms with E-state index < -0.39 is 5.60 Å². The Hall–Kier alpha value is -4.08. The largest absolute Gasteiger partial charge is 0.489 e. The van der Waals surface area contributed by atoms with Gasteiger partial charge in [-0.2, -0.15) is 5.26 Å². The van der Waals surface area contributed by atoms with E-state index in [0.29, 0.717) is 48.4 Å². The van der Waals surface area contributed by atoms with Crippen LogP contribution in [0.3, 0.4) is 0 Å². The van der Waals surface area contributed by atoms with Crippen molar-refractivity contribution in [3.63, 3.8) is 0 Å². The zero-order chi connectivity index (χ0) is 33.9. The number of hydrogen-bond donors (Lipinski definition) is 0. The molecule has 2 amide bonds. The lowest BCUT2D eigenvalue weighted by Crippen LogP contribution is -2.74. The van der Waals surface area contributed by atoms with E-state index in [1.165, 1.54) is 0 Å². The molecule has 2 saturated carbocycles. The van der Waals surface area contributed by atoms with Crippen LogP contribution in [0, 0.1) is 46.8 Å². The highest BCUT2D eigenvalue weighted by molar-refractivity contribution is 5.98. The Labute approximate surface area is 279 Å². The molecule has 3 heterocycles. The number of fused-ring (bicyclic) bond motifs is 1. The number of nitriles is 1. The molecule has 1 aromatic heterocycles. The van der Waals surface area contributed by atoms with Crippen molar-refractivity contribution in [1.29, 1.82) is 5.26 Å². The molecular weight excluding hydrogens is 590 g/mol. The highest BCUT2D eigenvalue weighted by Crippen LogP contribution is 2.59. The van der Waals surface area contributed by atoms with Gasteiger partial charge in [0, 0.05) is 55.0 Å². The lowest BCUT2D eigenvalue weighted by atomic mass is 9.49. The SMILES string of the molecule is Cc1cc(OC2C(C)(C)C(N3Cc4nc(C#CC5CC(N6CCN(C(=O)OC(C)(C)C)CC6)C5)ccc4C3=O)C2(C)C)ccc1C#N. The minimum absolute atomic E-state index is 0.0134. The quantitative estimate of drug-likeness (QED) is 0.392. The van der Waals surface area contributed by atoms with Gasteiger partial charge in [-0.15, -0.1) is 0 Å². The predicted molar refractivity (Wildman–Crippen MR) is 179 cm³/mol. The topological polar surface area (TPSA) is 99.0 Å². The average Bonchev–Trinajstić information content (AvgIpc) is 3.28. The molecule has 0 radical (unpaired) electrons. The zero-order valence-corrected chi connectivity index (χ0v) is 29.0. The summed E-state index contributed by atoms with van der Waals surface area (Å²) in [6.07, 6.45) is 1.70. The second kappa shape index (κ2) is 11.9. The summed E-state index contributed by atoms with van der Waals surface area (Å²) in [5.41, 5.74) is 2.61. The first-order valence-corrected chi connectivity index (χ1v) is 16.8. The van der Waals surface area contributed by atoms with Gasteiger partial charge in [-0.05, 0) is 82.4 Å². The van der Waals surface area contributed by atoms with E-state index in [0.717, 1.165) is 42.9 Å². The number of aromatic nitrogens is 1. The molecule has 9 nitrogen and oxygen atoms in total. The van der Waals surface area contributed by atoms with Crippen LogP contribution in [0.5, 0.6) is 5.75 Å². The summed E-state index contributed by atoms with van der Waals surface area (Å²) in [5.74, 6) is 7.80. The number of hydrogen-bond acceptors (Lipinski definition) is 7. The minimum Gasteiger partial charge on any atom is -0.489 e. The van der Waals surface area contributed by atoms with E-state index in [9.17, 15) is 14.9 Å². The molecule has 0 bridgehead atoms. The number of aryl methyl sites for hydroxylation is 1. The van der Waals surface area contributed by atoms with Crippen molar-refractivity contribution in [3.8, 4) is 23.7 Å². The molecule has 6 rings (SSSR count). The van der Waals surface area contributed by atoms with Gasteiger partial charge in [-0.1, -0.05) is 33.6 Å². The van der Waals surface area contributed by atoms with E-state index in [4.69, 9.17) is 14.5 Å². The van der Waals surface area contributed by atoms with Crippen LogP contribution in [0.1, 0.15) is 94.2 Å². The third-order valence-corrected chi connectivity index (χ3v) is 10.4. The number of carbonyl (C=O) groups is 2. The maximum absolute atomic E-state index is 13.7. The number of nitrogens with zero attached hydrogens (tertiary/aromatic N) is 5. The molecule has 0 atom stereocenters. The van der Waals surface area contributed by atoms with Crippen molar-refractivity contribution in [3.05, 3.63) is 58.4 Å². The molecular formula is C38H47N5O4. The van der Waals surface area contributed by atoms with Gasteiger partial charge in [-0.25, -0.2) is 9.78 Å². The Morgan fingerprint density at radius 2 is 1.70 bits per heavy atom. The van der Waals surface area contributed by atoms with Crippen molar-refractivity contribution in [1.82, 2.24) is 19.7 Å². The Morgan fingerprint density at radius 3 is 2.32 bits per heavy atom. The van der Waals surface area contributed by atoms with Crippen molar-refractivity contribution in [2.45, 2.75) is 98.6 Å². The number of piperazine rings is 1. The first kappa shape index (κ1) is 32.8. The summed E-state index contributed by atoms with van der Waals surface area (Å²) in [5, 5.41) is 9.30. The second-order valence-corrected chi connectivity index (χ2v) is 15.9. The van der Waals surface area contributed by atoms with Crippen LogP contribution in [0.25, 0.3) is 0 Å². The first-order valence-electron chi connectivity index (χ1n) is 16.8. The van der Waals surface area contributed by atoms with Gasteiger partial charge in [0.05, 0.1) is 29.4 Å². The maximum atomic E-state index is 13.7. The molecule has 248 valence electrons. The number of amides is 2. The molecule has 1 saturated heterocycles. The van der Waals surface area contributed by atoms with Gasteiger partial charge in [0.1, 0.15) is 23.1 Å². The van der Waals surface area contributed by atoms with Gasteiger partial charge >= 0.3 is 6.09 Å². The monoisotopic (exact) mass is 637 g/mol.